The van der Waals surface area contributed by atoms with Crippen molar-refractivity contribution in [3.05, 3.63) is 28.2 Å². The van der Waals surface area contributed by atoms with Crippen LogP contribution in [0.15, 0.2) is 22.7 Å². The second-order valence-corrected chi connectivity index (χ2v) is 4.87. The number of carbonyl (C=O) groups is 2. The van der Waals surface area contributed by atoms with Crippen LogP contribution in [0.25, 0.3) is 0 Å². The lowest BCUT2D eigenvalue weighted by Gasteiger charge is -2.10. The fourth-order valence-electron chi connectivity index (χ4n) is 1.33. The van der Waals surface area contributed by atoms with E-state index in [4.69, 9.17) is 5.11 Å². The summed E-state index contributed by atoms with van der Waals surface area (Å²) in [5.41, 5.74) is 1.63. The minimum atomic E-state index is -0.965. The Hall–Kier alpha value is -1.36. The topological polar surface area (TPSA) is 66.4 Å². The molecule has 1 unspecified atom stereocenters. The summed E-state index contributed by atoms with van der Waals surface area (Å²) in [4.78, 5) is 22.2. The van der Waals surface area contributed by atoms with Gasteiger partial charge in [-0.1, -0.05) is 22.9 Å². The van der Waals surface area contributed by atoms with Crippen LogP contribution in [0.3, 0.4) is 0 Å². The molecule has 0 spiro atoms. The molecule has 2 N–H and O–H groups in total. The molecular weight excluding hydrogens is 286 g/mol. The molecule has 0 aliphatic heterocycles. The quantitative estimate of drug-likeness (QED) is 0.898. The van der Waals surface area contributed by atoms with Crippen molar-refractivity contribution in [3.8, 4) is 0 Å². The van der Waals surface area contributed by atoms with Gasteiger partial charge in [-0.2, -0.15) is 0 Å². The van der Waals surface area contributed by atoms with E-state index in [0.29, 0.717) is 5.69 Å². The minimum absolute atomic E-state index is 0.0230. The van der Waals surface area contributed by atoms with Gasteiger partial charge in [0.2, 0.25) is 5.91 Å². The Morgan fingerprint density at radius 2 is 2.12 bits per heavy atom. The van der Waals surface area contributed by atoms with Crippen molar-refractivity contribution >= 4 is 33.5 Å². The van der Waals surface area contributed by atoms with Crippen LogP contribution in [0, 0.1) is 12.8 Å². The maximum Gasteiger partial charge on any atom is 0.306 e. The van der Waals surface area contributed by atoms with Crippen LogP contribution in [0.2, 0.25) is 0 Å². The van der Waals surface area contributed by atoms with Gasteiger partial charge in [0.25, 0.3) is 0 Å². The Morgan fingerprint density at radius 1 is 1.47 bits per heavy atom. The number of aryl methyl sites for hydroxylation is 1. The number of hydrogen-bond donors (Lipinski definition) is 2. The summed E-state index contributed by atoms with van der Waals surface area (Å²) >= 11 is 3.33. The summed E-state index contributed by atoms with van der Waals surface area (Å²) < 4.78 is 0.937. The molecule has 0 heterocycles. The second-order valence-electron chi connectivity index (χ2n) is 3.95. The van der Waals surface area contributed by atoms with Gasteiger partial charge >= 0.3 is 5.97 Å². The number of carbonyl (C=O) groups excluding carboxylic acids is 1. The molecule has 1 atom stereocenters. The Morgan fingerprint density at radius 3 is 2.65 bits per heavy atom. The number of rotatable bonds is 4. The van der Waals surface area contributed by atoms with Crippen LogP contribution in [0.4, 0.5) is 5.69 Å². The van der Waals surface area contributed by atoms with Gasteiger partial charge in [-0.15, -0.1) is 0 Å². The van der Waals surface area contributed by atoms with Crippen LogP contribution in [-0.2, 0) is 9.59 Å². The van der Waals surface area contributed by atoms with E-state index in [9.17, 15) is 9.59 Å². The van der Waals surface area contributed by atoms with Crippen molar-refractivity contribution in [2.45, 2.75) is 20.3 Å². The highest BCUT2D eigenvalue weighted by molar-refractivity contribution is 9.10. The molecule has 0 aliphatic carbocycles. The predicted molar refractivity (Wildman–Crippen MR) is 68.9 cm³/mol. The third-order valence-corrected chi connectivity index (χ3v) is 2.87. The monoisotopic (exact) mass is 299 g/mol. The van der Waals surface area contributed by atoms with Gasteiger partial charge in [-0.25, -0.2) is 0 Å². The largest absolute Gasteiger partial charge is 0.481 e. The zero-order valence-electron chi connectivity index (χ0n) is 9.66. The number of anilines is 1. The Labute approximate surface area is 108 Å². The molecule has 1 aromatic carbocycles. The highest BCUT2D eigenvalue weighted by Crippen LogP contribution is 2.20. The molecule has 0 saturated heterocycles. The van der Waals surface area contributed by atoms with Crippen LogP contribution in [0.5, 0.6) is 0 Å². The lowest BCUT2D eigenvalue weighted by atomic mass is 10.1. The van der Waals surface area contributed by atoms with E-state index in [1.54, 1.807) is 6.07 Å². The number of amides is 1. The lowest BCUT2D eigenvalue weighted by molar-refractivity contribution is -0.142. The molecule has 92 valence electrons. The third-order valence-electron chi connectivity index (χ3n) is 2.38. The Bertz CT molecular complexity index is 445. The molecule has 4 nitrogen and oxygen atoms in total. The van der Waals surface area contributed by atoms with Gasteiger partial charge < -0.3 is 10.4 Å². The van der Waals surface area contributed by atoms with Crippen molar-refractivity contribution in [1.29, 1.82) is 0 Å². The van der Waals surface area contributed by atoms with Crippen LogP contribution < -0.4 is 5.32 Å². The van der Waals surface area contributed by atoms with E-state index in [0.717, 1.165) is 10.0 Å². The Kier molecular flexibility index (Phi) is 4.69. The molecule has 17 heavy (non-hydrogen) atoms. The summed E-state index contributed by atoms with van der Waals surface area (Å²) in [6.45, 7) is 3.39. The van der Waals surface area contributed by atoms with Crippen LogP contribution in [-0.4, -0.2) is 17.0 Å². The van der Waals surface area contributed by atoms with Crippen molar-refractivity contribution in [1.82, 2.24) is 0 Å². The number of nitrogens with one attached hydrogen (secondary N) is 1. The first-order valence-electron chi connectivity index (χ1n) is 5.19. The molecule has 0 bridgehead atoms. The van der Waals surface area contributed by atoms with Crippen molar-refractivity contribution in [2.24, 2.45) is 5.92 Å². The maximum atomic E-state index is 11.6. The first kappa shape index (κ1) is 13.7. The van der Waals surface area contributed by atoms with Crippen molar-refractivity contribution in [3.63, 3.8) is 0 Å². The standard InChI is InChI=1S/C12H14BrNO3/c1-7-5-9(13)3-4-10(7)14-11(15)6-8(2)12(16)17/h3-5,8H,6H2,1-2H3,(H,14,15)(H,16,17). The highest BCUT2D eigenvalue weighted by Gasteiger charge is 2.16. The summed E-state index contributed by atoms with van der Waals surface area (Å²) in [6.07, 6.45) is -0.0230. The molecule has 0 radical (unpaired) electrons. The van der Waals surface area contributed by atoms with E-state index in [1.807, 2.05) is 19.1 Å². The molecular formula is C12H14BrNO3. The molecule has 1 amide bonds. The molecule has 5 heteroatoms. The zero-order chi connectivity index (χ0) is 13.0. The summed E-state index contributed by atoms with van der Waals surface area (Å²) in [5.74, 6) is -1.93. The van der Waals surface area contributed by atoms with Crippen LogP contribution >= 0.6 is 15.9 Å². The first-order chi connectivity index (χ1) is 7.90. The van der Waals surface area contributed by atoms with E-state index in [2.05, 4.69) is 21.2 Å². The third kappa shape index (κ3) is 4.19. The van der Waals surface area contributed by atoms with Gasteiger partial charge in [-0.05, 0) is 30.7 Å². The lowest BCUT2D eigenvalue weighted by Crippen LogP contribution is -2.20. The van der Waals surface area contributed by atoms with E-state index < -0.39 is 11.9 Å². The second kappa shape index (κ2) is 5.82. The summed E-state index contributed by atoms with van der Waals surface area (Å²) in [6, 6.07) is 5.49. The number of aliphatic carboxylic acids is 1. The number of hydrogen-bond acceptors (Lipinski definition) is 2. The molecule has 0 aliphatic rings. The first-order valence-corrected chi connectivity index (χ1v) is 5.98. The fraction of sp³-hybridized carbons (Fsp3) is 0.333. The molecule has 0 saturated carbocycles. The Balaban J connectivity index is 2.65. The predicted octanol–water partition coefficient (Wildman–Crippen LogP) is 2.81. The van der Waals surface area contributed by atoms with Crippen molar-refractivity contribution < 1.29 is 14.7 Å². The number of benzene rings is 1. The number of carboxylic acids is 1. The summed E-state index contributed by atoms with van der Waals surface area (Å²) in [5, 5.41) is 11.4. The zero-order valence-corrected chi connectivity index (χ0v) is 11.2. The average Bonchev–Trinajstić information content (AvgIpc) is 2.22. The normalized spacial score (nSPS) is 11.9. The SMILES string of the molecule is Cc1cc(Br)ccc1NC(=O)CC(C)C(=O)O. The van der Waals surface area contributed by atoms with Gasteiger partial charge in [-0.3, -0.25) is 9.59 Å². The fourth-order valence-corrected chi connectivity index (χ4v) is 1.81. The maximum absolute atomic E-state index is 11.6. The molecule has 1 rings (SSSR count). The number of carboxylic acid groups (broad SMARTS) is 1. The van der Waals surface area contributed by atoms with E-state index in [1.165, 1.54) is 6.92 Å². The minimum Gasteiger partial charge on any atom is -0.481 e. The van der Waals surface area contributed by atoms with Crippen LogP contribution in [0.1, 0.15) is 18.9 Å². The average molecular weight is 300 g/mol. The number of halogens is 1. The van der Waals surface area contributed by atoms with Gasteiger partial charge in [0.1, 0.15) is 0 Å². The van der Waals surface area contributed by atoms with Gasteiger partial charge in [0.15, 0.2) is 0 Å². The van der Waals surface area contributed by atoms with E-state index >= 15 is 0 Å². The van der Waals surface area contributed by atoms with Crippen molar-refractivity contribution in [2.75, 3.05) is 5.32 Å². The summed E-state index contributed by atoms with van der Waals surface area (Å²) in [7, 11) is 0. The van der Waals surface area contributed by atoms with Gasteiger partial charge in [0.05, 0.1) is 5.92 Å². The molecule has 1 aromatic rings. The molecule has 0 aromatic heterocycles. The van der Waals surface area contributed by atoms with E-state index in [-0.39, 0.29) is 12.3 Å². The highest BCUT2D eigenvalue weighted by atomic mass is 79.9. The smallest absolute Gasteiger partial charge is 0.306 e. The molecule has 0 fully saturated rings. The van der Waals surface area contributed by atoms with Gasteiger partial charge in [0, 0.05) is 16.6 Å².